The van der Waals surface area contributed by atoms with E-state index in [-0.39, 0.29) is 23.7 Å². The smallest absolute Gasteiger partial charge is 0.308 e. The highest BCUT2D eigenvalue weighted by Gasteiger charge is 2.38. The van der Waals surface area contributed by atoms with Gasteiger partial charge in [0.25, 0.3) is 15.9 Å². The van der Waals surface area contributed by atoms with Crippen molar-refractivity contribution in [2.75, 3.05) is 13.2 Å². The van der Waals surface area contributed by atoms with Crippen molar-refractivity contribution >= 4 is 56.4 Å². The van der Waals surface area contributed by atoms with Crippen molar-refractivity contribution in [2.45, 2.75) is 29.6 Å². The average Bonchev–Trinajstić information content (AvgIpc) is 3.38. The van der Waals surface area contributed by atoms with E-state index in [1.54, 1.807) is 35.7 Å². The minimum atomic E-state index is -3.79. The molecule has 4 rings (SSSR count). The molecule has 0 bridgehead atoms. The summed E-state index contributed by atoms with van der Waals surface area (Å²) in [6, 6.07) is 14.9. The van der Waals surface area contributed by atoms with Crippen LogP contribution in [-0.4, -0.2) is 37.8 Å². The number of nitrogens with zero attached hydrogens (tertiary/aromatic N) is 1. The Balaban J connectivity index is 1.41. The maximum atomic E-state index is 13.3. The van der Waals surface area contributed by atoms with Crippen molar-refractivity contribution in [3.05, 3.63) is 86.7 Å². The molecule has 0 radical (unpaired) electrons. The standard InChI is InChI=1S/C24H22Cl2N2O5S2/c25-18-8-7-17(20(26)12-18)14-27-22(29)15-33-23(30)13-21-19-5-2-1-4-16(19)9-10-28(21)35(31,32)24-6-3-11-34-24/h1-8,11-12,21H,9-10,13-15H2,(H,27,29). The van der Waals surface area contributed by atoms with Crippen molar-refractivity contribution in [3.8, 4) is 0 Å². The van der Waals surface area contributed by atoms with Gasteiger partial charge in [-0.3, -0.25) is 9.59 Å². The lowest BCUT2D eigenvalue weighted by Gasteiger charge is -2.35. The van der Waals surface area contributed by atoms with Gasteiger partial charge >= 0.3 is 5.97 Å². The lowest BCUT2D eigenvalue weighted by Crippen LogP contribution is -2.41. The van der Waals surface area contributed by atoms with Crippen LogP contribution >= 0.6 is 34.5 Å². The first-order chi connectivity index (χ1) is 16.8. The number of nitrogens with one attached hydrogen (secondary N) is 1. The van der Waals surface area contributed by atoms with Crippen molar-refractivity contribution in [1.82, 2.24) is 9.62 Å². The molecule has 0 saturated heterocycles. The fourth-order valence-electron chi connectivity index (χ4n) is 3.93. The van der Waals surface area contributed by atoms with Crippen LogP contribution in [0.15, 0.2) is 64.2 Å². The lowest BCUT2D eigenvalue weighted by atomic mass is 9.92. The number of thiophene rings is 1. The Hall–Kier alpha value is -2.43. The lowest BCUT2D eigenvalue weighted by molar-refractivity contribution is -0.149. The molecule has 2 heterocycles. The van der Waals surface area contributed by atoms with E-state index in [0.29, 0.717) is 22.0 Å². The Labute approximate surface area is 217 Å². The fourth-order valence-corrected chi connectivity index (χ4v) is 7.13. The van der Waals surface area contributed by atoms with E-state index in [0.717, 1.165) is 22.5 Å². The van der Waals surface area contributed by atoms with E-state index in [1.807, 2.05) is 24.3 Å². The molecule has 1 aromatic heterocycles. The fraction of sp³-hybridized carbons (Fsp3) is 0.250. The van der Waals surface area contributed by atoms with Gasteiger partial charge in [-0.1, -0.05) is 59.6 Å². The Morgan fingerprint density at radius 1 is 1.11 bits per heavy atom. The summed E-state index contributed by atoms with van der Waals surface area (Å²) in [5, 5.41) is 5.23. The molecule has 11 heteroatoms. The Morgan fingerprint density at radius 2 is 1.91 bits per heavy atom. The number of esters is 1. The van der Waals surface area contributed by atoms with Crippen LogP contribution in [-0.2, 0) is 37.3 Å². The van der Waals surface area contributed by atoms with Crippen LogP contribution in [0.3, 0.4) is 0 Å². The Kier molecular flexibility index (Phi) is 8.13. The van der Waals surface area contributed by atoms with E-state index < -0.39 is 34.5 Å². The minimum Gasteiger partial charge on any atom is -0.456 e. The number of amides is 1. The molecule has 3 aromatic rings. The predicted octanol–water partition coefficient (Wildman–Crippen LogP) is 4.59. The third-order valence-electron chi connectivity index (χ3n) is 5.64. The molecule has 1 unspecified atom stereocenters. The molecule has 184 valence electrons. The molecule has 2 aromatic carbocycles. The van der Waals surface area contributed by atoms with E-state index in [1.165, 1.54) is 4.31 Å². The number of carbonyl (C=O) groups is 2. The van der Waals surface area contributed by atoms with Gasteiger partial charge in [0.2, 0.25) is 0 Å². The first-order valence-corrected chi connectivity index (χ1v) is 13.8. The second-order valence-electron chi connectivity index (χ2n) is 7.89. The highest BCUT2D eigenvalue weighted by Crippen LogP contribution is 2.37. The molecule has 1 aliphatic heterocycles. The van der Waals surface area contributed by atoms with Crippen molar-refractivity contribution in [1.29, 1.82) is 0 Å². The number of ether oxygens (including phenoxy) is 1. The van der Waals surface area contributed by atoms with Crippen molar-refractivity contribution in [2.24, 2.45) is 0 Å². The van der Waals surface area contributed by atoms with Crippen LogP contribution < -0.4 is 5.32 Å². The number of sulfonamides is 1. The SMILES string of the molecule is O=C(COC(=O)CC1c2ccccc2CCN1S(=O)(=O)c1cccs1)NCc1ccc(Cl)cc1Cl. The quantitative estimate of drug-likeness (QED) is 0.412. The second kappa shape index (κ2) is 11.1. The van der Waals surface area contributed by atoms with E-state index in [4.69, 9.17) is 27.9 Å². The first-order valence-electron chi connectivity index (χ1n) is 10.7. The Bertz CT molecular complexity index is 1330. The van der Waals surface area contributed by atoms with Gasteiger partial charge in [0.15, 0.2) is 6.61 Å². The second-order valence-corrected chi connectivity index (χ2v) is 11.8. The van der Waals surface area contributed by atoms with Crippen LogP contribution in [0, 0.1) is 0 Å². The minimum absolute atomic E-state index is 0.148. The van der Waals surface area contributed by atoms with Crippen LogP contribution in [0.1, 0.15) is 29.2 Å². The van der Waals surface area contributed by atoms with Gasteiger partial charge in [0.1, 0.15) is 4.21 Å². The van der Waals surface area contributed by atoms with Crippen LogP contribution in [0.25, 0.3) is 0 Å². The summed E-state index contributed by atoms with van der Waals surface area (Å²) in [6.07, 6.45) is 0.333. The molecule has 0 spiro atoms. The number of benzene rings is 2. The summed E-state index contributed by atoms with van der Waals surface area (Å²) in [7, 11) is -3.79. The normalized spacial score (nSPS) is 15.9. The molecule has 0 aliphatic carbocycles. The first kappa shape index (κ1) is 25.7. The molecule has 1 atom stereocenters. The third kappa shape index (κ3) is 6.05. The van der Waals surface area contributed by atoms with Gasteiger partial charge < -0.3 is 10.1 Å². The molecule has 1 aliphatic rings. The van der Waals surface area contributed by atoms with E-state index >= 15 is 0 Å². The summed E-state index contributed by atoms with van der Waals surface area (Å²) in [6.45, 7) is -0.0944. The van der Waals surface area contributed by atoms with Crippen molar-refractivity contribution < 1.29 is 22.7 Å². The molecule has 0 fully saturated rings. The average molecular weight is 553 g/mol. The predicted molar refractivity (Wildman–Crippen MR) is 135 cm³/mol. The molecular weight excluding hydrogens is 531 g/mol. The largest absolute Gasteiger partial charge is 0.456 e. The number of hydrogen-bond acceptors (Lipinski definition) is 6. The third-order valence-corrected chi connectivity index (χ3v) is 9.50. The highest BCUT2D eigenvalue weighted by molar-refractivity contribution is 7.91. The van der Waals surface area contributed by atoms with Gasteiger partial charge in [-0.05, 0) is 46.7 Å². The number of hydrogen-bond donors (Lipinski definition) is 1. The van der Waals surface area contributed by atoms with Crippen LogP contribution in [0.4, 0.5) is 0 Å². The number of rotatable bonds is 8. The van der Waals surface area contributed by atoms with Gasteiger partial charge in [-0.2, -0.15) is 4.31 Å². The zero-order valence-electron chi connectivity index (χ0n) is 18.4. The monoisotopic (exact) mass is 552 g/mol. The summed E-state index contributed by atoms with van der Waals surface area (Å²) in [4.78, 5) is 24.9. The maximum absolute atomic E-state index is 13.3. The molecule has 0 saturated carbocycles. The topological polar surface area (TPSA) is 92.8 Å². The molecule has 1 amide bonds. The number of halogens is 2. The molecule has 35 heavy (non-hydrogen) atoms. The number of fused-ring (bicyclic) bond motifs is 1. The van der Waals surface area contributed by atoms with E-state index in [2.05, 4.69) is 5.32 Å². The Morgan fingerprint density at radius 3 is 2.66 bits per heavy atom. The zero-order valence-corrected chi connectivity index (χ0v) is 21.6. The van der Waals surface area contributed by atoms with Crippen LogP contribution in [0.5, 0.6) is 0 Å². The summed E-state index contributed by atoms with van der Waals surface area (Å²) in [5.41, 5.74) is 2.42. The van der Waals surface area contributed by atoms with Gasteiger partial charge in [0, 0.05) is 23.1 Å². The summed E-state index contributed by atoms with van der Waals surface area (Å²) < 4.78 is 33.3. The van der Waals surface area contributed by atoms with Gasteiger partial charge in [-0.25, -0.2) is 8.42 Å². The summed E-state index contributed by atoms with van der Waals surface area (Å²) >= 11 is 13.1. The van der Waals surface area contributed by atoms with E-state index in [9.17, 15) is 18.0 Å². The molecular formula is C24H22Cl2N2O5S2. The summed E-state index contributed by atoms with van der Waals surface area (Å²) in [5.74, 6) is -1.17. The highest BCUT2D eigenvalue weighted by atomic mass is 35.5. The zero-order chi connectivity index (χ0) is 25.0. The number of carbonyl (C=O) groups excluding carboxylic acids is 2. The molecule has 7 nitrogen and oxygen atoms in total. The van der Waals surface area contributed by atoms with Crippen molar-refractivity contribution in [3.63, 3.8) is 0 Å². The van der Waals surface area contributed by atoms with Gasteiger partial charge in [0.05, 0.1) is 12.5 Å². The molecule has 1 N–H and O–H groups in total. The van der Waals surface area contributed by atoms with Gasteiger partial charge in [-0.15, -0.1) is 11.3 Å². The van der Waals surface area contributed by atoms with Crippen LogP contribution in [0.2, 0.25) is 10.0 Å². The maximum Gasteiger partial charge on any atom is 0.308 e.